The maximum absolute atomic E-state index is 14.9. The lowest BCUT2D eigenvalue weighted by Gasteiger charge is -2.57. The van der Waals surface area contributed by atoms with Crippen molar-refractivity contribution in [2.45, 2.75) is 65.8 Å². The van der Waals surface area contributed by atoms with Gasteiger partial charge >= 0.3 is 6.09 Å². The number of hydrogen-bond donors (Lipinski definition) is 1. The van der Waals surface area contributed by atoms with E-state index in [1.807, 2.05) is 4.90 Å². The van der Waals surface area contributed by atoms with Crippen molar-refractivity contribution in [2.24, 2.45) is 17.6 Å². The molecule has 1 fully saturated rings. The van der Waals surface area contributed by atoms with Gasteiger partial charge in [0.05, 0.1) is 19.6 Å². The lowest BCUT2D eigenvalue weighted by atomic mass is 9.91. The topological polar surface area (TPSA) is 94.6 Å². The summed E-state index contributed by atoms with van der Waals surface area (Å²) in [5.74, 6) is -1.51. The minimum atomic E-state index is -1.17. The molecule has 1 saturated heterocycles. The van der Waals surface area contributed by atoms with Crippen LogP contribution in [-0.2, 0) is 13.1 Å². The second-order valence-corrected chi connectivity index (χ2v) is 11.1. The van der Waals surface area contributed by atoms with Crippen LogP contribution >= 0.6 is 0 Å². The minimum absolute atomic E-state index is 0.00573. The summed E-state index contributed by atoms with van der Waals surface area (Å²) in [7, 11) is 0. The van der Waals surface area contributed by atoms with Crippen LogP contribution in [0.15, 0.2) is 35.3 Å². The Labute approximate surface area is 215 Å². The summed E-state index contributed by atoms with van der Waals surface area (Å²) in [5, 5.41) is 0. The molecule has 1 unspecified atom stereocenters. The molecular formula is C27H35F2N4O4+. The molecule has 2 aromatic rings. The Hall–Kier alpha value is -3.27. The van der Waals surface area contributed by atoms with Crippen LogP contribution in [0.25, 0.3) is 0 Å². The number of quaternary nitrogens is 1. The molecule has 4 rings (SSSR count). The zero-order valence-corrected chi connectivity index (χ0v) is 21.7. The van der Waals surface area contributed by atoms with Crippen LogP contribution in [0.1, 0.15) is 56.6 Å². The van der Waals surface area contributed by atoms with E-state index in [1.165, 1.54) is 24.4 Å². The van der Waals surface area contributed by atoms with Gasteiger partial charge in [0.25, 0.3) is 5.91 Å². The molecule has 0 saturated carbocycles. The number of hydrogen-bond acceptors (Lipinski definition) is 4. The molecule has 2 amide bonds. The number of carbonyl (C=O) groups excluding carboxylic acids is 2. The fraction of sp³-hybridized carbons (Fsp3) is 0.519. The normalized spacial score (nSPS) is 23.2. The molecule has 10 heteroatoms. The molecule has 1 aromatic carbocycles. The zero-order chi connectivity index (χ0) is 27.1. The van der Waals surface area contributed by atoms with Gasteiger partial charge in [0, 0.05) is 42.3 Å². The van der Waals surface area contributed by atoms with E-state index in [4.69, 9.17) is 10.5 Å². The third-order valence-electron chi connectivity index (χ3n) is 7.36. The van der Waals surface area contributed by atoms with E-state index in [-0.39, 0.29) is 36.1 Å². The van der Waals surface area contributed by atoms with Crippen molar-refractivity contribution in [3.8, 4) is 5.75 Å². The monoisotopic (exact) mass is 517 g/mol. The van der Waals surface area contributed by atoms with Gasteiger partial charge in [-0.05, 0) is 24.5 Å². The number of nitrogens with two attached hydrogens (primary N) is 1. The first-order valence-electron chi connectivity index (χ1n) is 12.7. The standard InChI is InChI=1S/C27H34F2N4O4/c1-16(2)11-20-8-10-33(14-17(3)4,15-18-5-6-19(28)12-21(18)29)23-13-31-9-7-22(34)25(37-27(30)36)24(31)26(35)32(20)23/h5-7,9,12,16-17,20,23H,8,10-11,13-15H2,1-4H3,(H-,30,36)/p+1/t20-,23+,33?/m1/s1. The van der Waals surface area contributed by atoms with Crippen molar-refractivity contribution >= 4 is 12.0 Å². The van der Waals surface area contributed by atoms with Gasteiger partial charge in [-0.1, -0.05) is 27.7 Å². The summed E-state index contributed by atoms with van der Waals surface area (Å²) >= 11 is 0. The predicted molar refractivity (Wildman–Crippen MR) is 134 cm³/mol. The molecule has 8 nitrogen and oxygen atoms in total. The molecule has 0 spiro atoms. The molecule has 3 heterocycles. The molecule has 0 radical (unpaired) electrons. The molecule has 2 N–H and O–H groups in total. The van der Waals surface area contributed by atoms with Gasteiger partial charge in [-0.15, -0.1) is 0 Å². The number of pyridine rings is 1. The maximum Gasteiger partial charge on any atom is 0.410 e. The van der Waals surface area contributed by atoms with Crippen LogP contribution < -0.4 is 15.9 Å². The van der Waals surface area contributed by atoms with Crippen LogP contribution in [0.4, 0.5) is 13.6 Å². The van der Waals surface area contributed by atoms with Gasteiger partial charge in [-0.3, -0.25) is 19.0 Å². The summed E-state index contributed by atoms with van der Waals surface area (Å²) in [6.45, 7) is 10.3. The largest absolute Gasteiger partial charge is 0.410 e. The molecule has 3 atom stereocenters. The summed E-state index contributed by atoms with van der Waals surface area (Å²) in [6.07, 6.45) is 1.41. The Bertz CT molecular complexity index is 1260. The van der Waals surface area contributed by atoms with Crippen molar-refractivity contribution in [3.05, 3.63) is 63.6 Å². The number of amides is 2. The van der Waals surface area contributed by atoms with Gasteiger partial charge in [0.15, 0.2) is 11.9 Å². The molecule has 0 bridgehead atoms. The van der Waals surface area contributed by atoms with E-state index in [9.17, 15) is 23.2 Å². The number of rotatable bonds is 7. The van der Waals surface area contributed by atoms with E-state index in [1.54, 1.807) is 4.57 Å². The number of nitrogens with zero attached hydrogens (tertiary/aromatic N) is 3. The summed E-state index contributed by atoms with van der Waals surface area (Å²) in [5.41, 5.74) is 4.98. The highest BCUT2D eigenvalue weighted by Gasteiger charge is 2.53. The first-order chi connectivity index (χ1) is 17.4. The van der Waals surface area contributed by atoms with Gasteiger partial charge in [0.2, 0.25) is 11.2 Å². The smallest absolute Gasteiger partial charge is 0.404 e. The van der Waals surface area contributed by atoms with Gasteiger partial charge in [-0.2, -0.15) is 0 Å². The Balaban J connectivity index is 1.87. The number of benzene rings is 1. The van der Waals surface area contributed by atoms with Crippen molar-refractivity contribution in [3.63, 3.8) is 0 Å². The number of halogens is 2. The van der Waals surface area contributed by atoms with Crippen LogP contribution in [0.5, 0.6) is 5.75 Å². The number of fused-ring (bicyclic) bond motifs is 2. The molecule has 2 aliphatic heterocycles. The van der Waals surface area contributed by atoms with Crippen LogP contribution in [0.2, 0.25) is 0 Å². The third-order valence-corrected chi connectivity index (χ3v) is 7.36. The fourth-order valence-corrected chi connectivity index (χ4v) is 6.14. The van der Waals surface area contributed by atoms with Crippen molar-refractivity contribution in [1.82, 2.24) is 9.47 Å². The molecule has 200 valence electrons. The highest BCUT2D eigenvalue weighted by atomic mass is 19.1. The number of ether oxygens (including phenoxy) is 1. The summed E-state index contributed by atoms with van der Waals surface area (Å²) in [6, 6.07) is 4.76. The Morgan fingerprint density at radius 1 is 1.16 bits per heavy atom. The van der Waals surface area contributed by atoms with Gasteiger partial charge in [-0.25, -0.2) is 13.6 Å². The summed E-state index contributed by atoms with van der Waals surface area (Å²) in [4.78, 5) is 40.1. The number of aromatic nitrogens is 1. The molecular weight excluding hydrogens is 482 g/mol. The Morgan fingerprint density at radius 2 is 1.89 bits per heavy atom. The number of carbonyl (C=O) groups is 2. The number of primary amides is 1. The van der Waals surface area contributed by atoms with E-state index in [0.29, 0.717) is 42.0 Å². The van der Waals surface area contributed by atoms with E-state index < -0.39 is 29.1 Å². The van der Waals surface area contributed by atoms with Crippen LogP contribution in [0, 0.1) is 23.5 Å². The highest BCUT2D eigenvalue weighted by Crippen LogP contribution is 2.39. The zero-order valence-electron chi connectivity index (χ0n) is 21.7. The predicted octanol–water partition coefficient (Wildman–Crippen LogP) is 3.86. The van der Waals surface area contributed by atoms with E-state index in [0.717, 1.165) is 12.5 Å². The molecule has 0 aliphatic carbocycles. The van der Waals surface area contributed by atoms with Gasteiger partial charge in [0.1, 0.15) is 18.2 Å². The SMILES string of the molecule is CC(C)C[C@H]1CC[N+](Cc2ccc(F)cc2F)(CC(C)C)[C@H]2Cn3ccc(=O)c(OC(N)=O)c3C(=O)N12. The first-order valence-corrected chi connectivity index (χ1v) is 12.7. The van der Waals surface area contributed by atoms with Crippen LogP contribution in [0.3, 0.4) is 0 Å². The molecule has 1 aromatic heterocycles. The van der Waals surface area contributed by atoms with Crippen molar-refractivity contribution in [2.75, 3.05) is 13.1 Å². The summed E-state index contributed by atoms with van der Waals surface area (Å²) < 4.78 is 35.6. The van der Waals surface area contributed by atoms with Crippen molar-refractivity contribution in [1.29, 1.82) is 0 Å². The Morgan fingerprint density at radius 3 is 2.51 bits per heavy atom. The average molecular weight is 518 g/mol. The second kappa shape index (κ2) is 10.2. The molecule has 37 heavy (non-hydrogen) atoms. The minimum Gasteiger partial charge on any atom is -0.404 e. The molecule has 2 aliphatic rings. The second-order valence-electron chi connectivity index (χ2n) is 11.1. The van der Waals surface area contributed by atoms with Crippen LogP contribution in [-0.4, -0.2) is 51.2 Å². The van der Waals surface area contributed by atoms with Crippen molar-refractivity contribution < 1.29 is 27.6 Å². The Kier molecular flexibility index (Phi) is 7.41. The van der Waals surface area contributed by atoms with E-state index >= 15 is 0 Å². The highest BCUT2D eigenvalue weighted by molar-refractivity contribution is 5.97. The maximum atomic E-state index is 14.9. The fourth-order valence-electron chi connectivity index (χ4n) is 6.14. The van der Waals surface area contributed by atoms with E-state index in [2.05, 4.69) is 27.7 Å². The third kappa shape index (κ3) is 5.25. The lowest BCUT2D eigenvalue weighted by Crippen LogP contribution is -2.73. The lowest BCUT2D eigenvalue weighted by molar-refractivity contribution is -0.982. The quantitative estimate of drug-likeness (QED) is 0.565. The first kappa shape index (κ1) is 26.8. The average Bonchev–Trinajstić information content (AvgIpc) is 2.79. The van der Waals surface area contributed by atoms with Gasteiger partial charge < -0.3 is 15.0 Å².